The van der Waals surface area contributed by atoms with Crippen molar-refractivity contribution < 1.29 is 4.74 Å². The van der Waals surface area contributed by atoms with Gasteiger partial charge in [0.05, 0.1) is 6.10 Å². The number of nitrogens with zero attached hydrogens (tertiary/aromatic N) is 1. The number of rotatable bonds is 5. The topological polar surface area (TPSA) is 12.5 Å². The van der Waals surface area contributed by atoms with Crippen LogP contribution in [0.2, 0.25) is 0 Å². The first-order chi connectivity index (χ1) is 5.83. The van der Waals surface area contributed by atoms with E-state index in [4.69, 9.17) is 16.3 Å². The normalized spacial score (nSPS) is 23.8. The number of ether oxygens (including phenoxy) is 1. The van der Waals surface area contributed by atoms with Crippen molar-refractivity contribution in [1.29, 1.82) is 0 Å². The highest BCUT2D eigenvalue weighted by atomic mass is 35.5. The molecule has 1 heterocycles. The van der Waals surface area contributed by atoms with Crippen LogP contribution in [0.25, 0.3) is 0 Å². The molecule has 1 aliphatic rings. The molecule has 1 unspecified atom stereocenters. The van der Waals surface area contributed by atoms with Gasteiger partial charge in [-0.2, -0.15) is 0 Å². The number of hydrogen-bond donors (Lipinski definition) is 0. The summed E-state index contributed by atoms with van der Waals surface area (Å²) < 4.78 is 5.52. The molecule has 2 nitrogen and oxygen atoms in total. The van der Waals surface area contributed by atoms with Gasteiger partial charge in [0.2, 0.25) is 0 Å². The molecule has 1 fully saturated rings. The van der Waals surface area contributed by atoms with Gasteiger partial charge in [-0.05, 0) is 26.3 Å². The maximum absolute atomic E-state index is 5.62. The first-order valence-corrected chi connectivity index (χ1v) is 5.22. The van der Waals surface area contributed by atoms with Crippen molar-refractivity contribution in [2.45, 2.75) is 25.4 Å². The van der Waals surface area contributed by atoms with E-state index in [1.54, 1.807) is 0 Å². The van der Waals surface area contributed by atoms with Gasteiger partial charge >= 0.3 is 0 Å². The van der Waals surface area contributed by atoms with Crippen molar-refractivity contribution in [2.75, 3.05) is 32.6 Å². The Morgan fingerprint density at radius 2 is 2.33 bits per heavy atom. The van der Waals surface area contributed by atoms with E-state index < -0.39 is 0 Å². The van der Waals surface area contributed by atoms with Crippen molar-refractivity contribution in [3.63, 3.8) is 0 Å². The van der Waals surface area contributed by atoms with E-state index in [9.17, 15) is 0 Å². The molecule has 0 aromatic rings. The van der Waals surface area contributed by atoms with Crippen molar-refractivity contribution in [3.05, 3.63) is 0 Å². The average molecular weight is 192 g/mol. The van der Waals surface area contributed by atoms with Crippen molar-refractivity contribution >= 4 is 11.6 Å². The van der Waals surface area contributed by atoms with Crippen molar-refractivity contribution in [1.82, 2.24) is 4.90 Å². The summed E-state index contributed by atoms with van der Waals surface area (Å²) in [5.74, 6) is 0.724. The highest BCUT2D eigenvalue weighted by molar-refractivity contribution is 6.18. The minimum absolute atomic E-state index is 0.516. The third-order valence-corrected chi connectivity index (χ3v) is 2.49. The van der Waals surface area contributed by atoms with E-state index in [1.165, 1.54) is 12.8 Å². The molecule has 0 aliphatic carbocycles. The molecular formula is C9H18ClNO. The number of hydrogen-bond acceptors (Lipinski definition) is 2. The largest absolute Gasteiger partial charge is 0.378 e. The van der Waals surface area contributed by atoms with Crippen LogP contribution in [0.1, 0.15) is 19.3 Å². The molecule has 1 aliphatic heterocycles. The summed E-state index contributed by atoms with van der Waals surface area (Å²) in [6, 6.07) is 0. The zero-order valence-corrected chi connectivity index (χ0v) is 8.52. The van der Waals surface area contributed by atoms with E-state index in [0.717, 1.165) is 32.0 Å². The van der Waals surface area contributed by atoms with Gasteiger partial charge in [0.25, 0.3) is 0 Å². The summed E-state index contributed by atoms with van der Waals surface area (Å²) in [5.41, 5.74) is 0. The fraction of sp³-hybridized carbons (Fsp3) is 1.00. The van der Waals surface area contributed by atoms with E-state index in [2.05, 4.69) is 11.9 Å². The van der Waals surface area contributed by atoms with E-state index in [-0.39, 0.29) is 0 Å². The average Bonchev–Trinajstić information content (AvgIpc) is 2.53. The summed E-state index contributed by atoms with van der Waals surface area (Å²) in [6.45, 7) is 3.05. The fourth-order valence-electron chi connectivity index (χ4n) is 1.49. The molecule has 0 aromatic carbocycles. The summed E-state index contributed by atoms with van der Waals surface area (Å²) in [7, 11) is 2.11. The minimum Gasteiger partial charge on any atom is -0.378 e. The number of alkyl halides is 1. The molecule has 1 saturated heterocycles. The minimum atomic E-state index is 0.516. The summed E-state index contributed by atoms with van der Waals surface area (Å²) in [4.78, 5) is 2.26. The van der Waals surface area contributed by atoms with Gasteiger partial charge < -0.3 is 9.64 Å². The standard InChI is InChI=1S/C9H18ClNO/c1-11(7-5-10)6-4-9-3-2-8-12-9/h9H,2-8H2,1H3. The lowest BCUT2D eigenvalue weighted by atomic mass is 10.2. The predicted molar refractivity (Wildman–Crippen MR) is 51.8 cm³/mol. The molecule has 1 atom stereocenters. The molecule has 0 spiro atoms. The Bertz CT molecular complexity index is 115. The monoisotopic (exact) mass is 191 g/mol. The van der Waals surface area contributed by atoms with Gasteiger partial charge in [0, 0.05) is 25.6 Å². The van der Waals surface area contributed by atoms with Gasteiger partial charge in [-0.3, -0.25) is 0 Å². The van der Waals surface area contributed by atoms with Crippen LogP contribution in [-0.2, 0) is 4.74 Å². The molecule has 0 aromatic heterocycles. The van der Waals surface area contributed by atoms with Gasteiger partial charge in [-0.15, -0.1) is 11.6 Å². The second-order valence-electron chi connectivity index (χ2n) is 3.42. The third kappa shape index (κ3) is 3.74. The van der Waals surface area contributed by atoms with Gasteiger partial charge in [0.1, 0.15) is 0 Å². The molecular weight excluding hydrogens is 174 g/mol. The smallest absolute Gasteiger partial charge is 0.0588 e. The highest BCUT2D eigenvalue weighted by Crippen LogP contribution is 2.15. The molecule has 1 rings (SSSR count). The van der Waals surface area contributed by atoms with E-state index >= 15 is 0 Å². The SMILES string of the molecule is CN(CCCl)CCC1CCCO1. The van der Waals surface area contributed by atoms with Gasteiger partial charge in [0.15, 0.2) is 0 Å². The molecule has 0 amide bonds. The van der Waals surface area contributed by atoms with E-state index in [0.29, 0.717) is 6.10 Å². The molecule has 12 heavy (non-hydrogen) atoms. The Balaban J connectivity index is 1.99. The van der Waals surface area contributed by atoms with Gasteiger partial charge in [-0.1, -0.05) is 0 Å². The Labute approximate surface area is 79.8 Å². The zero-order valence-electron chi connectivity index (χ0n) is 7.76. The van der Waals surface area contributed by atoms with Crippen LogP contribution in [-0.4, -0.2) is 43.6 Å². The van der Waals surface area contributed by atoms with Crippen LogP contribution in [0.15, 0.2) is 0 Å². The Morgan fingerprint density at radius 1 is 1.50 bits per heavy atom. The lowest BCUT2D eigenvalue weighted by Gasteiger charge is -2.17. The first-order valence-electron chi connectivity index (χ1n) is 4.69. The van der Waals surface area contributed by atoms with Crippen LogP contribution in [0, 0.1) is 0 Å². The summed E-state index contributed by atoms with van der Waals surface area (Å²) in [6.07, 6.45) is 4.16. The van der Waals surface area contributed by atoms with Crippen LogP contribution < -0.4 is 0 Å². The third-order valence-electron chi connectivity index (χ3n) is 2.32. The van der Waals surface area contributed by atoms with Crippen molar-refractivity contribution in [3.8, 4) is 0 Å². The molecule has 3 heteroatoms. The predicted octanol–water partition coefficient (Wildman–Crippen LogP) is 1.73. The second kappa shape index (κ2) is 5.79. The Kier molecular flexibility index (Phi) is 4.96. The summed E-state index contributed by atoms with van der Waals surface area (Å²) >= 11 is 5.62. The maximum atomic E-state index is 5.62. The fourth-order valence-corrected chi connectivity index (χ4v) is 1.78. The van der Waals surface area contributed by atoms with Crippen LogP contribution in [0.5, 0.6) is 0 Å². The Morgan fingerprint density at radius 3 is 2.92 bits per heavy atom. The molecule has 0 bridgehead atoms. The number of halogens is 1. The molecule has 72 valence electrons. The second-order valence-corrected chi connectivity index (χ2v) is 3.79. The highest BCUT2D eigenvalue weighted by Gasteiger charge is 2.15. The first kappa shape index (κ1) is 10.3. The molecule has 0 radical (unpaired) electrons. The van der Waals surface area contributed by atoms with E-state index in [1.807, 2.05) is 0 Å². The zero-order chi connectivity index (χ0) is 8.81. The van der Waals surface area contributed by atoms with Crippen LogP contribution in [0.4, 0.5) is 0 Å². The maximum Gasteiger partial charge on any atom is 0.0588 e. The lowest BCUT2D eigenvalue weighted by Crippen LogP contribution is -2.25. The Hall–Kier alpha value is 0.210. The van der Waals surface area contributed by atoms with Crippen LogP contribution >= 0.6 is 11.6 Å². The van der Waals surface area contributed by atoms with Gasteiger partial charge in [-0.25, -0.2) is 0 Å². The van der Waals surface area contributed by atoms with Crippen molar-refractivity contribution in [2.24, 2.45) is 0 Å². The van der Waals surface area contributed by atoms with Crippen LogP contribution in [0.3, 0.4) is 0 Å². The molecule has 0 N–H and O–H groups in total. The lowest BCUT2D eigenvalue weighted by molar-refractivity contribution is 0.0957. The molecule has 0 saturated carbocycles. The summed E-state index contributed by atoms with van der Waals surface area (Å²) in [5, 5.41) is 0. The quantitative estimate of drug-likeness (QED) is 0.614.